The molecule has 0 saturated carbocycles. The molecule has 0 fully saturated rings. The first-order valence-corrected chi connectivity index (χ1v) is 6.91. The standard InChI is InChI=1S/C12H13BrN2OS/c1-8(11-4-3-5-17-11)15(2)12(16)10-6-9(13)7-14-10/h3-8,14H,1-2H3. The van der Waals surface area contributed by atoms with Gasteiger partial charge >= 0.3 is 0 Å². The number of amides is 1. The fraction of sp³-hybridized carbons (Fsp3) is 0.250. The van der Waals surface area contributed by atoms with Crippen LogP contribution in [0, 0.1) is 0 Å². The molecule has 0 bridgehead atoms. The van der Waals surface area contributed by atoms with Crippen molar-refractivity contribution in [2.24, 2.45) is 0 Å². The summed E-state index contributed by atoms with van der Waals surface area (Å²) in [5.41, 5.74) is 0.600. The van der Waals surface area contributed by atoms with Crippen LogP contribution in [-0.2, 0) is 0 Å². The van der Waals surface area contributed by atoms with Crippen LogP contribution >= 0.6 is 27.3 Å². The number of nitrogens with one attached hydrogen (secondary N) is 1. The number of aromatic nitrogens is 1. The summed E-state index contributed by atoms with van der Waals surface area (Å²) in [7, 11) is 1.82. The summed E-state index contributed by atoms with van der Waals surface area (Å²) in [6.07, 6.45) is 1.76. The number of H-pyrrole nitrogens is 1. The maximum Gasteiger partial charge on any atom is 0.270 e. The minimum absolute atomic E-state index is 0.00315. The molecule has 0 saturated heterocycles. The van der Waals surface area contributed by atoms with Crippen LogP contribution in [0.2, 0.25) is 0 Å². The van der Waals surface area contributed by atoms with E-state index in [1.54, 1.807) is 28.5 Å². The normalized spacial score (nSPS) is 12.4. The van der Waals surface area contributed by atoms with Crippen molar-refractivity contribution in [3.63, 3.8) is 0 Å². The number of carbonyl (C=O) groups excluding carboxylic acids is 1. The van der Waals surface area contributed by atoms with Gasteiger partial charge in [-0.2, -0.15) is 0 Å². The van der Waals surface area contributed by atoms with Crippen molar-refractivity contribution in [1.82, 2.24) is 9.88 Å². The number of carbonyl (C=O) groups is 1. The van der Waals surface area contributed by atoms with Gasteiger partial charge in [0.15, 0.2) is 0 Å². The number of nitrogens with zero attached hydrogens (tertiary/aromatic N) is 1. The molecule has 3 nitrogen and oxygen atoms in total. The second-order valence-corrected chi connectivity index (χ2v) is 5.73. The van der Waals surface area contributed by atoms with Gasteiger partial charge in [0.25, 0.3) is 5.91 Å². The van der Waals surface area contributed by atoms with E-state index in [0.29, 0.717) is 5.69 Å². The molecule has 0 aromatic carbocycles. The van der Waals surface area contributed by atoms with Crippen LogP contribution in [0.15, 0.2) is 34.2 Å². The van der Waals surface area contributed by atoms with E-state index >= 15 is 0 Å². The van der Waals surface area contributed by atoms with Crippen molar-refractivity contribution in [1.29, 1.82) is 0 Å². The molecule has 0 aliphatic carbocycles. The van der Waals surface area contributed by atoms with Gasteiger partial charge < -0.3 is 9.88 Å². The quantitative estimate of drug-likeness (QED) is 0.922. The smallest absolute Gasteiger partial charge is 0.270 e. The van der Waals surface area contributed by atoms with Crippen molar-refractivity contribution >= 4 is 33.2 Å². The van der Waals surface area contributed by atoms with E-state index < -0.39 is 0 Å². The third-order valence-electron chi connectivity index (χ3n) is 2.73. The second-order valence-electron chi connectivity index (χ2n) is 3.84. The van der Waals surface area contributed by atoms with E-state index in [1.165, 1.54) is 4.88 Å². The van der Waals surface area contributed by atoms with Crippen molar-refractivity contribution in [2.45, 2.75) is 13.0 Å². The molecule has 1 N–H and O–H groups in total. The Morgan fingerprint density at radius 1 is 1.59 bits per heavy atom. The van der Waals surface area contributed by atoms with Crippen molar-refractivity contribution < 1.29 is 4.79 Å². The Balaban J connectivity index is 2.15. The Hall–Kier alpha value is -1.07. The SMILES string of the molecule is CC(c1cccs1)N(C)C(=O)c1cc(Br)c[nH]1. The number of hydrogen-bond acceptors (Lipinski definition) is 2. The molecular formula is C12H13BrN2OS. The average Bonchev–Trinajstić information content (AvgIpc) is 2.96. The van der Waals surface area contributed by atoms with Crippen LogP contribution in [0.25, 0.3) is 0 Å². The van der Waals surface area contributed by atoms with E-state index in [4.69, 9.17) is 0 Å². The Bertz CT molecular complexity index is 506. The van der Waals surface area contributed by atoms with E-state index in [-0.39, 0.29) is 11.9 Å². The molecule has 17 heavy (non-hydrogen) atoms. The first-order valence-electron chi connectivity index (χ1n) is 5.24. The fourth-order valence-corrected chi connectivity index (χ4v) is 2.75. The highest BCUT2D eigenvalue weighted by Gasteiger charge is 2.20. The predicted molar refractivity (Wildman–Crippen MR) is 73.3 cm³/mol. The van der Waals surface area contributed by atoms with Crippen LogP contribution in [0.4, 0.5) is 0 Å². The molecule has 2 aromatic heterocycles. The van der Waals surface area contributed by atoms with Crippen LogP contribution in [0.1, 0.15) is 28.3 Å². The topological polar surface area (TPSA) is 36.1 Å². The molecule has 2 rings (SSSR count). The fourth-order valence-electron chi connectivity index (χ4n) is 1.58. The van der Waals surface area contributed by atoms with Gasteiger partial charge in [-0.05, 0) is 40.4 Å². The minimum atomic E-state index is -0.00315. The highest BCUT2D eigenvalue weighted by Crippen LogP contribution is 2.24. The van der Waals surface area contributed by atoms with E-state index in [0.717, 1.165) is 4.47 Å². The van der Waals surface area contributed by atoms with Crippen LogP contribution in [0.3, 0.4) is 0 Å². The van der Waals surface area contributed by atoms with Crippen LogP contribution in [-0.4, -0.2) is 22.8 Å². The Kier molecular flexibility index (Phi) is 3.69. The van der Waals surface area contributed by atoms with Gasteiger partial charge in [0.2, 0.25) is 0 Å². The molecule has 0 spiro atoms. The molecule has 1 atom stereocenters. The van der Waals surface area contributed by atoms with Gasteiger partial charge in [-0.1, -0.05) is 6.07 Å². The van der Waals surface area contributed by atoms with Gasteiger partial charge in [0.1, 0.15) is 5.69 Å². The zero-order chi connectivity index (χ0) is 12.4. The molecular weight excluding hydrogens is 300 g/mol. The summed E-state index contributed by atoms with van der Waals surface area (Å²) in [5, 5.41) is 2.02. The monoisotopic (exact) mass is 312 g/mol. The Morgan fingerprint density at radius 2 is 2.35 bits per heavy atom. The number of halogens is 1. The third kappa shape index (κ3) is 2.61. The van der Waals surface area contributed by atoms with E-state index in [2.05, 4.69) is 20.9 Å². The maximum atomic E-state index is 12.2. The number of aromatic amines is 1. The molecule has 0 radical (unpaired) electrons. The lowest BCUT2D eigenvalue weighted by molar-refractivity contribution is 0.0739. The van der Waals surface area contributed by atoms with Gasteiger partial charge in [-0.15, -0.1) is 11.3 Å². The predicted octanol–water partition coefficient (Wildman–Crippen LogP) is 3.67. The lowest BCUT2D eigenvalue weighted by Crippen LogP contribution is -2.29. The third-order valence-corrected chi connectivity index (χ3v) is 4.23. The molecule has 1 amide bonds. The Labute approximate surface area is 113 Å². The lowest BCUT2D eigenvalue weighted by Gasteiger charge is -2.23. The van der Waals surface area contributed by atoms with Crippen molar-refractivity contribution in [2.75, 3.05) is 7.05 Å². The number of rotatable bonds is 3. The first kappa shape index (κ1) is 12.4. The van der Waals surface area contributed by atoms with Gasteiger partial charge in [0, 0.05) is 22.6 Å². The van der Waals surface area contributed by atoms with Crippen molar-refractivity contribution in [3.05, 3.63) is 44.8 Å². The molecule has 0 aliphatic rings. The largest absolute Gasteiger partial charge is 0.356 e. The number of thiophene rings is 1. The minimum Gasteiger partial charge on any atom is -0.356 e. The molecule has 0 aliphatic heterocycles. The van der Waals surface area contributed by atoms with E-state index in [1.807, 2.05) is 31.5 Å². The summed E-state index contributed by atoms with van der Waals surface area (Å²) in [5.74, 6) is -0.00315. The number of hydrogen-bond donors (Lipinski definition) is 1. The summed E-state index contributed by atoms with van der Waals surface area (Å²) in [6, 6.07) is 5.92. The molecule has 2 heterocycles. The summed E-state index contributed by atoms with van der Waals surface area (Å²) in [6.45, 7) is 2.03. The average molecular weight is 313 g/mol. The molecule has 1 unspecified atom stereocenters. The molecule has 2 aromatic rings. The zero-order valence-electron chi connectivity index (χ0n) is 9.61. The van der Waals surface area contributed by atoms with Crippen LogP contribution < -0.4 is 0 Å². The highest BCUT2D eigenvalue weighted by molar-refractivity contribution is 9.10. The maximum absolute atomic E-state index is 12.2. The van der Waals surface area contributed by atoms with E-state index in [9.17, 15) is 4.79 Å². The lowest BCUT2D eigenvalue weighted by atomic mass is 10.2. The van der Waals surface area contributed by atoms with Gasteiger partial charge in [0.05, 0.1) is 6.04 Å². The van der Waals surface area contributed by atoms with Gasteiger partial charge in [-0.3, -0.25) is 4.79 Å². The first-order chi connectivity index (χ1) is 8.09. The molecule has 5 heteroatoms. The molecule has 90 valence electrons. The summed E-state index contributed by atoms with van der Waals surface area (Å²) in [4.78, 5) is 18.1. The summed E-state index contributed by atoms with van der Waals surface area (Å²) >= 11 is 4.99. The van der Waals surface area contributed by atoms with Gasteiger partial charge in [-0.25, -0.2) is 0 Å². The second kappa shape index (κ2) is 5.06. The zero-order valence-corrected chi connectivity index (χ0v) is 12.0. The summed E-state index contributed by atoms with van der Waals surface area (Å²) < 4.78 is 0.887. The highest BCUT2D eigenvalue weighted by atomic mass is 79.9. The van der Waals surface area contributed by atoms with Crippen molar-refractivity contribution in [3.8, 4) is 0 Å². The Morgan fingerprint density at radius 3 is 2.88 bits per heavy atom. The van der Waals surface area contributed by atoms with Crippen LogP contribution in [0.5, 0.6) is 0 Å².